The lowest BCUT2D eigenvalue weighted by Gasteiger charge is -1.98. The highest BCUT2D eigenvalue weighted by Crippen LogP contribution is 1.95. The van der Waals surface area contributed by atoms with Crippen molar-refractivity contribution in [3.8, 4) is 0 Å². The molecular formula is C7H13N3O. The SMILES string of the molecule is Cc1cnn(CCCON)c1. The van der Waals surface area contributed by atoms with Gasteiger partial charge in [0, 0.05) is 12.7 Å². The number of rotatable bonds is 4. The van der Waals surface area contributed by atoms with Gasteiger partial charge in [0.05, 0.1) is 12.8 Å². The molecule has 1 rings (SSSR count). The normalized spacial score (nSPS) is 10.4. The highest BCUT2D eigenvalue weighted by Gasteiger charge is 1.92. The number of nitrogens with two attached hydrogens (primary N) is 1. The van der Waals surface area contributed by atoms with Crippen LogP contribution < -0.4 is 5.90 Å². The molecule has 0 aliphatic carbocycles. The summed E-state index contributed by atoms with van der Waals surface area (Å²) in [6.07, 6.45) is 4.73. The summed E-state index contributed by atoms with van der Waals surface area (Å²) >= 11 is 0. The molecule has 1 heterocycles. The van der Waals surface area contributed by atoms with Crippen molar-refractivity contribution < 1.29 is 4.84 Å². The minimum Gasteiger partial charge on any atom is -0.305 e. The third-order valence-corrected chi connectivity index (χ3v) is 1.41. The lowest BCUT2D eigenvalue weighted by atomic mass is 10.4. The van der Waals surface area contributed by atoms with Crippen LogP contribution in [0.3, 0.4) is 0 Å². The van der Waals surface area contributed by atoms with Crippen LogP contribution in [-0.4, -0.2) is 16.4 Å². The number of aromatic nitrogens is 2. The second-order valence-corrected chi connectivity index (χ2v) is 2.51. The van der Waals surface area contributed by atoms with Crippen LogP contribution in [-0.2, 0) is 11.4 Å². The molecular weight excluding hydrogens is 142 g/mol. The first-order valence-electron chi connectivity index (χ1n) is 3.63. The maximum atomic E-state index is 4.87. The molecule has 0 aliphatic heterocycles. The van der Waals surface area contributed by atoms with E-state index in [1.807, 2.05) is 24.0 Å². The Hall–Kier alpha value is -0.870. The first kappa shape index (κ1) is 8.23. The van der Waals surface area contributed by atoms with E-state index >= 15 is 0 Å². The van der Waals surface area contributed by atoms with Crippen molar-refractivity contribution in [2.75, 3.05) is 6.61 Å². The molecule has 4 nitrogen and oxygen atoms in total. The summed E-state index contributed by atoms with van der Waals surface area (Å²) in [5.41, 5.74) is 1.18. The number of aryl methyl sites for hydroxylation is 2. The fourth-order valence-corrected chi connectivity index (χ4v) is 0.899. The van der Waals surface area contributed by atoms with Crippen molar-refractivity contribution in [2.24, 2.45) is 5.90 Å². The summed E-state index contributed by atoms with van der Waals surface area (Å²) in [5, 5.41) is 4.11. The molecule has 62 valence electrons. The van der Waals surface area contributed by atoms with Crippen molar-refractivity contribution in [1.29, 1.82) is 0 Å². The summed E-state index contributed by atoms with van der Waals surface area (Å²) in [6.45, 7) is 3.47. The molecule has 1 aromatic rings. The molecule has 2 N–H and O–H groups in total. The van der Waals surface area contributed by atoms with Crippen LogP contribution in [0.1, 0.15) is 12.0 Å². The smallest absolute Gasteiger partial charge is 0.0696 e. The summed E-state index contributed by atoms with van der Waals surface area (Å²) in [6, 6.07) is 0. The van der Waals surface area contributed by atoms with Gasteiger partial charge in [0.15, 0.2) is 0 Å². The average Bonchev–Trinajstić information content (AvgIpc) is 2.37. The van der Waals surface area contributed by atoms with Crippen LogP contribution in [0.15, 0.2) is 12.4 Å². The van der Waals surface area contributed by atoms with E-state index < -0.39 is 0 Å². The van der Waals surface area contributed by atoms with Gasteiger partial charge in [0.2, 0.25) is 0 Å². The summed E-state index contributed by atoms with van der Waals surface area (Å²) in [4.78, 5) is 4.43. The zero-order valence-corrected chi connectivity index (χ0v) is 6.66. The van der Waals surface area contributed by atoms with E-state index in [9.17, 15) is 0 Å². The zero-order chi connectivity index (χ0) is 8.10. The Balaban J connectivity index is 2.27. The van der Waals surface area contributed by atoms with E-state index in [1.54, 1.807) is 0 Å². The topological polar surface area (TPSA) is 53.1 Å². The predicted molar refractivity (Wildman–Crippen MR) is 41.7 cm³/mol. The Bertz CT molecular complexity index is 209. The molecule has 0 aromatic carbocycles. The van der Waals surface area contributed by atoms with Gasteiger partial charge in [-0.15, -0.1) is 0 Å². The molecule has 0 radical (unpaired) electrons. The summed E-state index contributed by atoms with van der Waals surface area (Å²) in [7, 11) is 0. The molecule has 0 spiro atoms. The van der Waals surface area contributed by atoms with E-state index in [4.69, 9.17) is 5.90 Å². The molecule has 0 aliphatic rings. The highest BCUT2D eigenvalue weighted by atomic mass is 16.6. The van der Waals surface area contributed by atoms with Crippen molar-refractivity contribution >= 4 is 0 Å². The Morgan fingerprint density at radius 2 is 2.55 bits per heavy atom. The van der Waals surface area contributed by atoms with Gasteiger partial charge < -0.3 is 4.84 Å². The number of hydrogen-bond acceptors (Lipinski definition) is 3. The van der Waals surface area contributed by atoms with Crippen LogP contribution in [0.2, 0.25) is 0 Å². The maximum Gasteiger partial charge on any atom is 0.0696 e. The van der Waals surface area contributed by atoms with Gasteiger partial charge in [0.25, 0.3) is 0 Å². The molecule has 0 atom stereocenters. The summed E-state index contributed by atoms with van der Waals surface area (Å²) in [5.74, 6) is 4.87. The molecule has 1 aromatic heterocycles. The second kappa shape index (κ2) is 4.10. The van der Waals surface area contributed by atoms with Crippen molar-refractivity contribution in [3.63, 3.8) is 0 Å². The Kier molecular flexibility index (Phi) is 3.07. The fourth-order valence-electron chi connectivity index (χ4n) is 0.899. The number of hydrogen-bond donors (Lipinski definition) is 1. The molecule has 0 amide bonds. The van der Waals surface area contributed by atoms with Gasteiger partial charge in [-0.05, 0) is 18.9 Å². The van der Waals surface area contributed by atoms with Gasteiger partial charge in [-0.25, -0.2) is 5.90 Å². The van der Waals surface area contributed by atoms with E-state index in [-0.39, 0.29) is 0 Å². The molecule has 0 saturated heterocycles. The first-order chi connectivity index (χ1) is 5.33. The van der Waals surface area contributed by atoms with Gasteiger partial charge >= 0.3 is 0 Å². The van der Waals surface area contributed by atoms with E-state index in [0.29, 0.717) is 6.61 Å². The average molecular weight is 155 g/mol. The minimum absolute atomic E-state index is 0.582. The van der Waals surface area contributed by atoms with Crippen molar-refractivity contribution in [2.45, 2.75) is 19.9 Å². The number of nitrogens with zero attached hydrogens (tertiary/aromatic N) is 2. The van der Waals surface area contributed by atoms with Crippen LogP contribution >= 0.6 is 0 Å². The second-order valence-electron chi connectivity index (χ2n) is 2.51. The third-order valence-electron chi connectivity index (χ3n) is 1.41. The van der Waals surface area contributed by atoms with Gasteiger partial charge in [-0.1, -0.05) is 0 Å². The van der Waals surface area contributed by atoms with Crippen LogP contribution in [0.5, 0.6) is 0 Å². The molecule has 0 unspecified atom stereocenters. The molecule has 0 saturated carbocycles. The quantitative estimate of drug-likeness (QED) is 0.508. The molecule has 4 heteroatoms. The Morgan fingerprint density at radius 1 is 1.73 bits per heavy atom. The predicted octanol–water partition coefficient (Wildman–Crippen LogP) is 0.472. The minimum atomic E-state index is 0.582. The van der Waals surface area contributed by atoms with Gasteiger partial charge in [-0.2, -0.15) is 5.10 Å². The van der Waals surface area contributed by atoms with Crippen LogP contribution in [0, 0.1) is 6.92 Å². The maximum absolute atomic E-state index is 4.87. The standard InChI is InChI=1S/C7H13N3O/c1-7-5-9-10(6-7)3-2-4-11-8/h5-6H,2-4,8H2,1H3. The van der Waals surface area contributed by atoms with Gasteiger partial charge in [0.1, 0.15) is 0 Å². The first-order valence-corrected chi connectivity index (χ1v) is 3.63. The lowest BCUT2D eigenvalue weighted by Crippen LogP contribution is -2.05. The third kappa shape index (κ3) is 2.69. The van der Waals surface area contributed by atoms with Crippen molar-refractivity contribution in [1.82, 2.24) is 9.78 Å². The molecule has 0 fully saturated rings. The lowest BCUT2D eigenvalue weighted by molar-refractivity contribution is 0.131. The van der Waals surface area contributed by atoms with Crippen LogP contribution in [0.4, 0.5) is 0 Å². The monoisotopic (exact) mass is 155 g/mol. The van der Waals surface area contributed by atoms with Gasteiger partial charge in [-0.3, -0.25) is 4.68 Å². The summed E-state index contributed by atoms with van der Waals surface area (Å²) < 4.78 is 1.88. The van der Waals surface area contributed by atoms with Crippen LogP contribution in [0.25, 0.3) is 0 Å². The largest absolute Gasteiger partial charge is 0.305 e. The van der Waals surface area contributed by atoms with E-state index in [0.717, 1.165) is 13.0 Å². The fraction of sp³-hybridized carbons (Fsp3) is 0.571. The highest BCUT2D eigenvalue weighted by molar-refractivity contribution is 4.99. The van der Waals surface area contributed by atoms with Crippen molar-refractivity contribution in [3.05, 3.63) is 18.0 Å². The molecule has 0 bridgehead atoms. The Morgan fingerprint density at radius 3 is 3.09 bits per heavy atom. The zero-order valence-electron chi connectivity index (χ0n) is 6.66. The Labute approximate surface area is 65.9 Å². The van der Waals surface area contributed by atoms with E-state index in [1.165, 1.54) is 5.56 Å². The van der Waals surface area contributed by atoms with E-state index in [2.05, 4.69) is 9.94 Å². The molecule has 11 heavy (non-hydrogen) atoms.